The van der Waals surface area contributed by atoms with Crippen molar-refractivity contribution >= 4 is 29.5 Å². The predicted octanol–water partition coefficient (Wildman–Crippen LogP) is 5.38. The summed E-state index contributed by atoms with van der Waals surface area (Å²) >= 11 is 0.925. The van der Waals surface area contributed by atoms with Gasteiger partial charge in [0.1, 0.15) is 33.7 Å². The Labute approximate surface area is 227 Å². The van der Waals surface area contributed by atoms with Gasteiger partial charge in [-0.2, -0.15) is 0 Å². The van der Waals surface area contributed by atoms with Gasteiger partial charge in [-0.1, -0.05) is 0 Å². The van der Waals surface area contributed by atoms with Gasteiger partial charge in [-0.05, 0) is 49.0 Å². The lowest BCUT2D eigenvalue weighted by atomic mass is 10.1. The number of thioether (sulfide) groups is 1. The molecule has 0 saturated heterocycles. The van der Waals surface area contributed by atoms with Crippen LogP contribution in [0.3, 0.4) is 0 Å². The quantitative estimate of drug-likeness (QED) is 0.110. The zero-order chi connectivity index (χ0) is 28.1. The van der Waals surface area contributed by atoms with Crippen molar-refractivity contribution in [3.8, 4) is 40.0 Å². The summed E-state index contributed by atoms with van der Waals surface area (Å²) in [6.45, 7) is 2.37. The first-order chi connectivity index (χ1) is 18.8. The Morgan fingerprint density at radius 2 is 1.79 bits per heavy atom. The largest absolute Gasteiger partial charge is 0.497 e. The molecule has 202 valence electrons. The van der Waals surface area contributed by atoms with Crippen LogP contribution in [-0.4, -0.2) is 52.1 Å². The fourth-order valence-electron chi connectivity index (χ4n) is 3.73. The number of carboxylic acid groups (broad SMARTS) is 1. The molecule has 0 aliphatic carbocycles. The summed E-state index contributed by atoms with van der Waals surface area (Å²) in [5.41, 5.74) is 1.05. The highest BCUT2D eigenvalue weighted by molar-refractivity contribution is 8.04. The van der Waals surface area contributed by atoms with E-state index in [2.05, 4.69) is 10.2 Å². The van der Waals surface area contributed by atoms with Crippen LogP contribution >= 0.6 is 11.8 Å². The summed E-state index contributed by atoms with van der Waals surface area (Å²) in [5.74, 6) is 1.36. The van der Waals surface area contributed by atoms with E-state index in [-0.39, 0.29) is 22.1 Å². The summed E-state index contributed by atoms with van der Waals surface area (Å²) < 4.78 is 23.6. The number of benzene rings is 2. The average molecular weight is 553 g/mol. The molecule has 0 aliphatic rings. The van der Waals surface area contributed by atoms with E-state index >= 15 is 0 Å². The van der Waals surface area contributed by atoms with Crippen LogP contribution in [0, 0.1) is 10.1 Å². The number of non-ortho nitro benzene ring substituents is 1. The van der Waals surface area contributed by atoms with Crippen LogP contribution in [0.15, 0.2) is 63.0 Å². The van der Waals surface area contributed by atoms with E-state index in [1.165, 1.54) is 31.4 Å². The van der Waals surface area contributed by atoms with E-state index in [0.29, 0.717) is 45.9 Å². The molecule has 13 heteroatoms. The van der Waals surface area contributed by atoms with Gasteiger partial charge in [-0.15, -0.1) is 10.2 Å². The molecule has 0 bridgehead atoms. The van der Waals surface area contributed by atoms with Gasteiger partial charge in [0.2, 0.25) is 0 Å². The fourth-order valence-corrected chi connectivity index (χ4v) is 4.60. The van der Waals surface area contributed by atoms with Crippen molar-refractivity contribution in [2.45, 2.75) is 18.6 Å². The summed E-state index contributed by atoms with van der Waals surface area (Å²) in [5, 5.41) is 29.9. The molecule has 2 aromatic heterocycles. The number of ether oxygens (including phenoxy) is 3. The van der Waals surface area contributed by atoms with Gasteiger partial charge in [0.15, 0.2) is 11.0 Å². The Bertz CT molecular complexity index is 1540. The van der Waals surface area contributed by atoms with Crippen LogP contribution in [0.2, 0.25) is 0 Å². The van der Waals surface area contributed by atoms with Gasteiger partial charge in [-0.3, -0.25) is 10.1 Å². The van der Waals surface area contributed by atoms with Crippen LogP contribution in [0.5, 0.6) is 17.2 Å². The highest BCUT2D eigenvalue weighted by Crippen LogP contribution is 2.36. The SMILES string of the molecule is CCn1c(S/C(=C\c2ccc(-c3ccc([N+](=O)[O-])cc3OC)o2)C(=O)O)nnc1-c1cc(OC)cc(OC)c1. The van der Waals surface area contributed by atoms with E-state index in [4.69, 9.17) is 18.6 Å². The summed E-state index contributed by atoms with van der Waals surface area (Å²) in [4.78, 5) is 22.6. The molecule has 0 radical (unpaired) electrons. The van der Waals surface area contributed by atoms with Gasteiger partial charge in [-0.25, -0.2) is 4.79 Å². The average Bonchev–Trinajstić information content (AvgIpc) is 3.58. The molecule has 0 saturated carbocycles. The minimum atomic E-state index is -1.18. The minimum Gasteiger partial charge on any atom is -0.497 e. The predicted molar refractivity (Wildman–Crippen MR) is 143 cm³/mol. The molecule has 0 atom stereocenters. The fraction of sp³-hybridized carbons (Fsp3) is 0.192. The monoisotopic (exact) mass is 552 g/mol. The smallest absolute Gasteiger partial charge is 0.342 e. The Kier molecular flexibility index (Phi) is 8.20. The summed E-state index contributed by atoms with van der Waals surface area (Å²) in [6, 6.07) is 12.7. The highest BCUT2D eigenvalue weighted by atomic mass is 32.2. The van der Waals surface area contributed by atoms with Gasteiger partial charge in [0, 0.05) is 30.3 Å². The molecule has 0 amide bonds. The Morgan fingerprint density at radius 3 is 2.38 bits per heavy atom. The highest BCUT2D eigenvalue weighted by Gasteiger charge is 2.21. The van der Waals surface area contributed by atoms with Crippen molar-refractivity contribution in [3.05, 3.63) is 69.3 Å². The first-order valence-corrected chi connectivity index (χ1v) is 12.3. The number of furan rings is 1. The molecule has 0 unspecified atom stereocenters. The third-order valence-electron chi connectivity index (χ3n) is 5.62. The van der Waals surface area contributed by atoms with Crippen molar-refractivity contribution in [2.75, 3.05) is 21.3 Å². The topological polar surface area (TPSA) is 152 Å². The van der Waals surface area contributed by atoms with Crippen LogP contribution in [-0.2, 0) is 11.3 Å². The van der Waals surface area contributed by atoms with Crippen molar-refractivity contribution < 1.29 is 33.5 Å². The third kappa shape index (κ3) is 5.88. The van der Waals surface area contributed by atoms with Crippen LogP contribution < -0.4 is 14.2 Å². The first-order valence-electron chi connectivity index (χ1n) is 11.5. The number of aliphatic carboxylic acids is 1. The van der Waals surface area contributed by atoms with Gasteiger partial charge >= 0.3 is 5.97 Å². The first kappa shape index (κ1) is 27.3. The zero-order valence-electron chi connectivity index (χ0n) is 21.4. The van der Waals surface area contributed by atoms with Crippen LogP contribution in [0.1, 0.15) is 12.7 Å². The number of methoxy groups -OCH3 is 3. The molecule has 0 fully saturated rings. The molecule has 39 heavy (non-hydrogen) atoms. The Balaban J connectivity index is 1.66. The van der Waals surface area contributed by atoms with Crippen molar-refractivity contribution in [1.82, 2.24) is 14.8 Å². The number of hydrogen-bond acceptors (Lipinski definition) is 10. The normalized spacial score (nSPS) is 11.3. The van der Waals surface area contributed by atoms with E-state index in [0.717, 1.165) is 11.8 Å². The number of nitro groups is 1. The molecule has 4 rings (SSSR count). The molecule has 1 N–H and O–H groups in total. The zero-order valence-corrected chi connectivity index (χ0v) is 22.2. The number of nitrogens with zero attached hydrogens (tertiary/aromatic N) is 4. The number of carboxylic acids is 1. The van der Waals surface area contributed by atoms with Crippen LogP contribution in [0.4, 0.5) is 5.69 Å². The molecular formula is C26H24N4O8S. The van der Waals surface area contributed by atoms with E-state index in [1.807, 2.05) is 6.92 Å². The molecule has 4 aromatic rings. The van der Waals surface area contributed by atoms with Crippen molar-refractivity contribution in [2.24, 2.45) is 0 Å². The minimum absolute atomic E-state index is 0.0524. The van der Waals surface area contributed by atoms with Crippen LogP contribution in [0.25, 0.3) is 28.8 Å². The Morgan fingerprint density at radius 1 is 1.08 bits per heavy atom. The Hall–Kier alpha value is -4.78. The maximum absolute atomic E-state index is 12.1. The van der Waals surface area contributed by atoms with E-state index in [1.54, 1.807) is 49.1 Å². The molecular weight excluding hydrogens is 528 g/mol. The molecule has 0 spiro atoms. The van der Waals surface area contributed by atoms with E-state index < -0.39 is 10.9 Å². The van der Waals surface area contributed by atoms with Gasteiger partial charge < -0.3 is 28.3 Å². The number of rotatable bonds is 11. The summed E-state index contributed by atoms with van der Waals surface area (Å²) in [7, 11) is 4.49. The van der Waals surface area contributed by atoms with E-state index in [9.17, 15) is 20.0 Å². The van der Waals surface area contributed by atoms with Gasteiger partial charge in [0.25, 0.3) is 5.69 Å². The molecule has 2 heterocycles. The lowest BCUT2D eigenvalue weighted by Gasteiger charge is -2.10. The summed E-state index contributed by atoms with van der Waals surface area (Å²) in [6.07, 6.45) is 1.37. The maximum atomic E-state index is 12.1. The van der Waals surface area contributed by atoms with Gasteiger partial charge in [0.05, 0.1) is 37.9 Å². The lowest BCUT2D eigenvalue weighted by molar-refractivity contribution is -0.384. The third-order valence-corrected chi connectivity index (χ3v) is 6.61. The van der Waals surface area contributed by atoms with Crippen molar-refractivity contribution in [1.29, 1.82) is 0 Å². The second-order valence-corrected chi connectivity index (χ2v) is 8.92. The second kappa shape index (κ2) is 11.7. The number of aromatic nitrogens is 3. The number of carbonyl (C=O) groups is 1. The lowest BCUT2D eigenvalue weighted by Crippen LogP contribution is -2.03. The second-order valence-electron chi connectivity index (χ2n) is 7.91. The number of hydrogen-bond donors (Lipinski definition) is 1. The molecule has 2 aromatic carbocycles. The molecule has 0 aliphatic heterocycles. The standard InChI is InChI=1S/C26H24N4O8S/c1-5-29-24(15-10-18(35-2)13-19(11-15)36-3)27-28-26(29)39-23(25(31)32)14-17-7-9-21(38-17)20-8-6-16(30(33)34)12-22(20)37-4/h6-14H,5H2,1-4H3,(H,31,32)/b23-14-. The van der Waals surface area contributed by atoms with Crippen molar-refractivity contribution in [3.63, 3.8) is 0 Å². The molecule has 12 nitrogen and oxygen atoms in total. The number of nitro benzene ring substituents is 1. The maximum Gasteiger partial charge on any atom is 0.342 e.